The van der Waals surface area contributed by atoms with Gasteiger partial charge in [0.25, 0.3) is 0 Å². The van der Waals surface area contributed by atoms with Crippen LogP contribution in [0.25, 0.3) is 0 Å². The predicted molar refractivity (Wildman–Crippen MR) is 61.9 cm³/mol. The second-order valence-corrected chi connectivity index (χ2v) is 3.72. The van der Waals surface area contributed by atoms with Crippen molar-refractivity contribution in [3.63, 3.8) is 0 Å². The van der Waals surface area contributed by atoms with Gasteiger partial charge in [-0.25, -0.2) is 4.79 Å². The maximum absolute atomic E-state index is 11.3. The highest BCUT2D eigenvalue weighted by atomic mass is 16.4. The van der Waals surface area contributed by atoms with Crippen LogP contribution in [0.4, 0.5) is 0 Å². The Morgan fingerprint density at radius 3 is 2.59 bits per heavy atom. The molecule has 5 nitrogen and oxygen atoms in total. The van der Waals surface area contributed by atoms with Crippen molar-refractivity contribution in [1.82, 2.24) is 9.55 Å². The van der Waals surface area contributed by atoms with Crippen LogP contribution in [0, 0.1) is 0 Å². The van der Waals surface area contributed by atoms with Crippen LogP contribution < -0.4 is 5.69 Å². The molecule has 0 amide bonds. The number of nitrogens with one attached hydrogen (secondary N) is 1. The molecule has 88 valence electrons. The number of imidazole rings is 1. The second kappa shape index (κ2) is 4.69. The average Bonchev–Trinajstić information content (AvgIpc) is 2.72. The molecule has 0 saturated heterocycles. The van der Waals surface area contributed by atoms with E-state index in [2.05, 4.69) is 4.98 Å². The number of hydrogen-bond acceptors (Lipinski definition) is 2. The minimum Gasteiger partial charge on any atom is -0.481 e. The summed E-state index contributed by atoms with van der Waals surface area (Å²) in [5.41, 5.74) is 0.389. The minimum atomic E-state index is -0.940. The molecule has 2 N–H and O–H groups in total. The van der Waals surface area contributed by atoms with Crippen molar-refractivity contribution in [2.45, 2.75) is 12.5 Å². The van der Waals surface area contributed by atoms with Gasteiger partial charge < -0.3 is 10.1 Å². The number of carbonyl (C=O) groups is 1. The summed E-state index contributed by atoms with van der Waals surface area (Å²) in [6.07, 6.45) is 3.04. The summed E-state index contributed by atoms with van der Waals surface area (Å²) in [6.45, 7) is 0.127. The van der Waals surface area contributed by atoms with Gasteiger partial charge in [0.1, 0.15) is 0 Å². The van der Waals surface area contributed by atoms with Gasteiger partial charge in [-0.15, -0.1) is 0 Å². The quantitative estimate of drug-likeness (QED) is 0.827. The summed E-state index contributed by atoms with van der Waals surface area (Å²) >= 11 is 0. The SMILES string of the molecule is O=C(O)C(Cn1cc[nH]c1=O)c1ccccc1. The van der Waals surface area contributed by atoms with Crippen LogP contribution in [-0.4, -0.2) is 20.6 Å². The molecule has 17 heavy (non-hydrogen) atoms. The second-order valence-electron chi connectivity index (χ2n) is 3.72. The van der Waals surface area contributed by atoms with E-state index in [0.29, 0.717) is 5.56 Å². The van der Waals surface area contributed by atoms with E-state index in [9.17, 15) is 14.7 Å². The van der Waals surface area contributed by atoms with Gasteiger partial charge in [-0.05, 0) is 5.56 Å². The van der Waals surface area contributed by atoms with E-state index in [1.54, 1.807) is 30.5 Å². The fourth-order valence-electron chi connectivity index (χ4n) is 1.70. The number of carboxylic acids is 1. The lowest BCUT2D eigenvalue weighted by atomic mass is 9.99. The Bertz CT molecular complexity index is 556. The van der Waals surface area contributed by atoms with Crippen LogP contribution in [0.15, 0.2) is 47.5 Å². The van der Waals surface area contributed by atoms with Crippen molar-refractivity contribution in [2.75, 3.05) is 0 Å². The highest BCUT2D eigenvalue weighted by Crippen LogP contribution is 2.17. The number of H-pyrrole nitrogens is 1. The van der Waals surface area contributed by atoms with Crippen LogP contribution in [-0.2, 0) is 11.3 Å². The maximum Gasteiger partial charge on any atom is 0.325 e. The van der Waals surface area contributed by atoms with E-state index in [-0.39, 0.29) is 12.2 Å². The lowest BCUT2D eigenvalue weighted by molar-refractivity contribution is -0.139. The third kappa shape index (κ3) is 2.44. The van der Waals surface area contributed by atoms with E-state index >= 15 is 0 Å². The summed E-state index contributed by atoms with van der Waals surface area (Å²) in [4.78, 5) is 25.0. The number of carboxylic acid groups (broad SMARTS) is 1. The topological polar surface area (TPSA) is 75.1 Å². The van der Waals surface area contributed by atoms with E-state index in [4.69, 9.17) is 0 Å². The molecule has 1 aromatic carbocycles. The molecule has 1 atom stereocenters. The molecule has 0 bridgehead atoms. The molecule has 2 aromatic rings. The van der Waals surface area contributed by atoms with Gasteiger partial charge in [-0.2, -0.15) is 0 Å². The lowest BCUT2D eigenvalue weighted by Crippen LogP contribution is -2.24. The van der Waals surface area contributed by atoms with Crippen LogP contribution in [0.2, 0.25) is 0 Å². The van der Waals surface area contributed by atoms with Gasteiger partial charge in [-0.3, -0.25) is 9.36 Å². The Balaban J connectivity index is 2.29. The van der Waals surface area contributed by atoms with Crippen molar-refractivity contribution in [1.29, 1.82) is 0 Å². The number of aromatic amines is 1. The summed E-state index contributed by atoms with van der Waals surface area (Å²) in [5, 5.41) is 9.19. The zero-order chi connectivity index (χ0) is 12.3. The van der Waals surface area contributed by atoms with Crippen LogP contribution in [0.5, 0.6) is 0 Å². The normalized spacial score (nSPS) is 12.2. The first-order chi connectivity index (χ1) is 8.18. The molecule has 0 aliphatic carbocycles. The Kier molecular flexibility index (Phi) is 3.09. The van der Waals surface area contributed by atoms with Crippen LogP contribution in [0.1, 0.15) is 11.5 Å². The van der Waals surface area contributed by atoms with Crippen molar-refractivity contribution >= 4 is 5.97 Å². The Labute approximate surface area is 97.3 Å². The number of hydrogen-bond donors (Lipinski definition) is 2. The molecular formula is C12H12N2O3. The number of aliphatic carboxylic acids is 1. The highest BCUT2D eigenvalue weighted by Gasteiger charge is 2.20. The molecule has 0 aliphatic rings. The fourth-order valence-corrected chi connectivity index (χ4v) is 1.70. The highest BCUT2D eigenvalue weighted by molar-refractivity contribution is 5.75. The zero-order valence-electron chi connectivity index (χ0n) is 9.04. The van der Waals surface area contributed by atoms with Gasteiger partial charge in [0.2, 0.25) is 0 Å². The molecule has 1 unspecified atom stereocenters. The number of benzene rings is 1. The molecule has 1 heterocycles. The third-order valence-corrected chi connectivity index (χ3v) is 2.60. The van der Waals surface area contributed by atoms with Crippen molar-refractivity contribution < 1.29 is 9.90 Å². The minimum absolute atomic E-state index is 0.127. The standard InChI is InChI=1S/C12H12N2O3/c15-11(16)10(9-4-2-1-3-5-9)8-14-7-6-13-12(14)17/h1-7,10H,8H2,(H,13,17)(H,15,16). The van der Waals surface area contributed by atoms with E-state index < -0.39 is 11.9 Å². The van der Waals surface area contributed by atoms with Crippen LogP contribution >= 0.6 is 0 Å². The largest absolute Gasteiger partial charge is 0.481 e. The van der Waals surface area contributed by atoms with Gasteiger partial charge in [0.15, 0.2) is 0 Å². The zero-order valence-corrected chi connectivity index (χ0v) is 9.04. The molecule has 5 heteroatoms. The monoisotopic (exact) mass is 232 g/mol. The van der Waals surface area contributed by atoms with Crippen molar-refractivity contribution in [3.05, 3.63) is 58.8 Å². The first-order valence-corrected chi connectivity index (χ1v) is 5.20. The first-order valence-electron chi connectivity index (χ1n) is 5.20. The predicted octanol–water partition coefficient (Wildman–Crippen LogP) is 1.04. The lowest BCUT2D eigenvalue weighted by Gasteiger charge is -2.12. The van der Waals surface area contributed by atoms with E-state index in [1.165, 1.54) is 10.8 Å². The maximum atomic E-state index is 11.3. The number of nitrogens with zero attached hydrogens (tertiary/aromatic N) is 1. The van der Waals surface area contributed by atoms with Gasteiger partial charge in [-0.1, -0.05) is 30.3 Å². The fraction of sp³-hybridized carbons (Fsp3) is 0.167. The van der Waals surface area contributed by atoms with Crippen molar-refractivity contribution in [2.24, 2.45) is 0 Å². The molecule has 0 saturated carbocycles. The van der Waals surface area contributed by atoms with E-state index in [1.807, 2.05) is 6.07 Å². The Morgan fingerprint density at radius 2 is 2.06 bits per heavy atom. The molecule has 0 aliphatic heterocycles. The van der Waals surface area contributed by atoms with Crippen LogP contribution in [0.3, 0.4) is 0 Å². The number of rotatable bonds is 4. The Morgan fingerprint density at radius 1 is 1.35 bits per heavy atom. The smallest absolute Gasteiger partial charge is 0.325 e. The summed E-state index contributed by atoms with van der Waals surface area (Å²) < 4.78 is 1.35. The first kappa shape index (κ1) is 11.2. The Hall–Kier alpha value is -2.30. The average molecular weight is 232 g/mol. The van der Waals surface area contributed by atoms with Gasteiger partial charge in [0.05, 0.1) is 5.92 Å². The third-order valence-electron chi connectivity index (χ3n) is 2.60. The molecule has 0 fully saturated rings. The summed E-state index contributed by atoms with van der Waals surface area (Å²) in [6, 6.07) is 8.88. The molecule has 0 radical (unpaired) electrons. The van der Waals surface area contributed by atoms with Crippen molar-refractivity contribution in [3.8, 4) is 0 Å². The molecular weight excluding hydrogens is 220 g/mol. The summed E-state index contributed by atoms with van der Waals surface area (Å²) in [7, 11) is 0. The summed E-state index contributed by atoms with van der Waals surface area (Å²) in [5.74, 6) is -1.66. The molecule has 0 spiro atoms. The van der Waals surface area contributed by atoms with E-state index in [0.717, 1.165) is 0 Å². The molecule has 1 aromatic heterocycles. The van der Waals surface area contributed by atoms with Gasteiger partial charge in [0, 0.05) is 18.9 Å². The van der Waals surface area contributed by atoms with Gasteiger partial charge >= 0.3 is 11.7 Å². The number of aromatic nitrogens is 2. The molecule has 2 rings (SSSR count).